The second kappa shape index (κ2) is 11.7. The van der Waals surface area contributed by atoms with Crippen LogP contribution in [-0.4, -0.2) is 44.5 Å². The number of rotatable bonds is 9. The number of carbonyl (C=O) groups excluding carboxylic acids is 4. The highest BCUT2D eigenvalue weighted by molar-refractivity contribution is 6.53. The third-order valence-electron chi connectivity index (χ3n) is 5.73. The van der Waals surface area contributed by atoms with Gasteiger partial charge in [0.15, 0.2) is 0 Å². The van der Waals surface area contributed by atoms with E-state index < -0.39 is 17.8 Å². The van der Waals surface area contributed by atoms with Crippen molar-refractivity contribution in [2.24, 2.45) is 0 Å². The van der Waals surface area contributed by atoms with Crippen molar-refractivity contribution in [3.05, 3.63) is 88.6 Å². The molecular formula is C28H24ClN3O7. The summed E-state index contributed by atoms with van der Waals surface area (Å²) in [6.45, 7) is 1.99. The maximum atomic E-state index is 13.2. The first kappa shape index (κ1) is 27.2. The number of nitrogens with zero attached hydrogens (tertiary/aromatic N) is 1. The molecule has 0 aromatic heterocycles. The Bertz CT molecular complexity index is 1470. The number of carbonyl (C=O) groups is 4. The fourth-order valence-corrected chi connectivity index (χ4v) is 3.97. The Kier molecular flexibility index (Phi) is 8.16. The minimum absolute atomic E-state index is 0.113. The van der Waals surface area contributed by atoms with Crippen LogP contribution in [-0.2, 0) is 14.3 Å². The zero-order valence-corrected chi connectivity index (χ0v) is 22.0. The van der Waals surface area contributed by atoms with Crippen molar-refractivity contribution >= 4 is 52.4 Å². The maximum absolute atomic E-state index is 13.2. The summed E-state index contributed by atoms with van der Waals surface area (Å²) in [6.07, 6.45) is 0. The number of amides is 3. The summed E-state index contributed by atoms with van der Waals surface area (Å²) < 4.78 is 15.4. The molecule has 10 nitrogen and oxygen atoms in total. The summed E-state index contributed by atoms with van der Waals surface area (Å²) in [5.41, 5.74) is 1.75. The highest BCUT2D eigenvalue weighted by atomic mass is 35.5. The first-order chi connectivity index (χ1) is 18.8. The second-order valence-electron chi connectivity index (χ2n) is 8.13. The molecule has 11 heteroatoms. The van der Waals surface area contributed by atoms with E-state index >= 15 is 0 Å². The van der Waals surface area contributed by atoms with Crippen molar-refractivity contribution in [2.45, 2.75) is 6.92 Å². The summed E-state index contributed by atoms with van der Waals surface area (Å²) in [4.78, 5) is 51.4. The molecule has 39 heavy (non-hydrogen) atoms. The molecule has 2 N–H and O–H groups in total. The smallest absolute Gasteiger partial charge is 0.338 e. The average molecular weight is 550 g/mol. The number of hydrogen-bond acceptors (Lipinski definition) is 8. The molecule has 3 aromatic carbocycles. The molecule has 200 valence electrons. The third-order valence-corrected chi connectivity index (χ3v) is 6.08. The Labute approximate surface area is 229 Å². The Morgan fingerprint density at radius 1 is 0.846 bits per heavy atom. The van der Waals surface area contributed by atoms with Gasteiger partial charge in [0.05, 0.1) is 32.1 Å². The van der Waals surface area contributed by atoms with Gasteiger partial charge in [0.2, 0.25) is 0 Å². The Morgan fingerprint density at radius 3 is 2.10 bits per heavy atom. The molecule has 0 aliphatic carbocycles. The van der Waals surface area contributed by atoms with Gasteiger partial charge < -0.3 is 24.8 Å². The topological polar surface area (TPSA) is 123 Å². The number of benzene rings is 3. The predicted octanol–water partition coefficient (Wildman–Crippen LogP) is 4.57. The molecule has 0 unspecified atom stereocenters. The van der Waals surface area contributed by atoms with Gasteiger partial charge in [-0.05, 0) is 67.6 Å². The zero-order valence-electron chi connectivity index (χ0n) is 21.2. The zero-order chi connectivity index (χ0) is 28.1. The molecule has 0 bridgehead atoms. The van der Waals surface area contributed by atoms with E-state index in [1.165, 1.54) is 20.3 Å². The Morgan fingerprint density at radius 2 is 1.49 bits per heavy atom. The Hall–Kier alpha value is -4.83. The van der Waals surface area contributed by atoms with Crippen LogP contribution >= 0.6 is 11.6 Å². The van der Waals surface area contributed by atoms with Crippen LogP contribution in [0.5, 0.6) is 11.5 Å². The van der Waals surface area contributed by atoms with Gasteiger partial charge in [-0.1, -0.05) is 11.6 Å². The van der Waals surface area contributed by atoms with Crippen LogP contribution in [0, 0.1) is 0 Å². The molecule has 0 atom stereocenters. The number of anilines is 3. The van der Waals surface area contributed by atoms with Crippen molar-refractivity contribution in [3.8, 4) is 11.5 Å². The van der Waals surface area contributed by atoms with E-state index in [4.69, 9.17) is 25.8 Å². The van der Waals surface area contributed by atoms with Crippen LogP contribution in [0.3, 0.4) is 0 Å². The number of imide groups is 1. The fourth-order valence-electron chi connectivity index (χ4n) is 3.76. The van der Waals surface area contributed by atoms with E-state index in [1.807, 2.05) is 0 Å². The number of esters is 1. The predicted molar refractivity (Wildman–Crippen MR) is 145 cm³/mol. The van der Waals surface area contributed by atoms with E-state index in [1.54, 1.807) is 67.6 Å². The third kappa shape index (κ3) is 5.70. The van der Waals surface area contributed by atoms with Gasteiger partial charge >= 0.3 is 5.97 Å². The molecule has 3 aromatic rings. The van der Waals surface area contributed by atoms with Crippen molar-refractivity contribution < 1.29 is 33.4 Å². The monoisotopic (exact) mass is 549 g/mol. The normalized spacial score (nSPS) is 12.9. The van der Waals surface area contributed by atoms with Gasteiger partial charge in [-0.15, -0.1) is 0 Å². The number of hydrogen-bond donors (Lipinski definition) is 2. The lowest BCUT2D eigenvalue weighted by Gasteiger charge is -2.18. The molecule has 0 saturated heterocycles. The summed E-state index contributed by atoms with van der Waals surface area (Å²) in [6, 6.07) is 17.2. The van der Waals surface area contributed by atoms with E-state index in [0.29, 0.717) is 28.3 Å². The first-order valence-corrected chi connectivity index (χ1v) is 12.1. The van der Waals surface area contributed by atoms with Crippen LogP contribution < -0.4 is 25.0 Å². The lowest BCUT2D eigenvalue weighted by atomic mass is 10.1. The molecule has 1 heterocycles. The van der Waals surface area contributed by atoms with Crippen LogP contribution in [0.1, 0.15) is 27.6 Å². The van der Waals surface area contributed by atoms with Crippen molar-refractivity contribution in [2.75, 3.05) is 36.4 Å². The summed E-state index contributed by atoms with van der Waals surface area (Å²) in [5, 5.41) is 5.33. The molecular weight excluding hydrogens is 526 g/mol. The number of ether oxygens (including phenoxy) is 3. The molecule has 1 aliphatic heterocycles. The van der Waals surface area contributed by atoms with Gasteiger partial charge in [0, 0.05) is 23.0 Å². The fraction of sp³-hybridized carbons (Fsp3) is 0.143. The average Bonchev–Trinajstić information content (AvgIpc) is 3.16. The van der Waals surface area contributed by atoms with Crippen molar-refractivity contribution in [1.29, 1.82) is 0 Å². The first-order valence-electron chi connectivity index (χ1n) is 11.7. The SMILES string of the molecule is CCOC(=O)c1ccc(NC(=O)c2ccc(NC3=C(Cl)C(=O)N(c4ccc(OC)cc4OC)C3=O)cc2)cc1. The van der Waals surface area contributed by atoms with Crippen LogP contribution in [0.4, 0.5) is 17.1 Å². The second-order valence-corrected chi connectivity index (χ2v) is 8.50. The highest BCUT2D eigenvalue weighted by Crippen LogP contribution is 2.37. The molecule has 3 amide bonds. The van der Waals surface area contributed by atoms with Crippen molar-refractivity contribution in [3.63, 3.8) is 0 Å². The molecule has 4 rings (SSSR count). The molecule has 0 fully saturated rings. The quantitative estimate of drug-likeness (QED) is 0.294. The molecule has 0 spiro atoms. The number of methoxy groups -OCH3 is 2. The molecule has 0 radical (unpaired) electrons. The van der Waals surface area contributed by atoms with Gasteiger partial charge in [-0.3, -0.25) is 14.4 Å². The lowest BCUT2D eigenvalue weighted by molar-refractivity contribution is -0.120. The van der Waals surface area contributed by atoms with Crippen molar-refractivity contribution in [1.82, 2.24) is 0 Å². The summed E-state index contributed by atoms with van der Waals surface area (Å²) >= 11 is 6.24. The number of halogens is 1. The van der Waals surface area contributed by atoms with E-state index in [2.05, 4.69) is 10.6 Å². The maximum Gasteiger partial charge on any atom is 0.338 e. The van der Waals surface area contributed by atoms with E-state index in [-0.39, 0.29) is 34.7 Å². The minimum atomic E-state index is -0.711. The summed E-state index contributed by atoms with van der Waals surface area (Å²) in [7, 11) is 2.90. The van der Waals surface area contributed by atoms with Gasteiger partial charge in [-0.2, -0.15) is 0 Å². The minimum Gasteiger partial charge on any atom is -0.497 e. The molecule has 0 saturated carbocycles. The highest BCUT2D eigenvalue weighted by Gasteiger charge is 2.40. The standard InChI is InChI=1S/C28H24ClN3O7/c1-4-39-28(36)17-7-11-19(12-8-17)31-25(33)16-5-9-18(10-6-16)30-24-23(29)26(34)32(27(24)35)21-14-13-20(37-2)15-22(21)38-3/h5-15,30H,4H2,1-3H3,(H,31,33). The van der Waals surface area contributed by atoms with Crippen LogP contribution in [0.25, 0.3) is 0 Å². The van der Waals surface area contributed by atoms with Crippen LogP contribution in [0.2, 0.25) is 0 Å². The van der Waals surface area contributed by atoms with Gasteiger partial charge in [0.1, 0.15) is 22.2 Å². The van der Waals surface area contributed by atoms with Crippen LogP contribution in [0.15, 0.2) is 77.5 Å². The van der Waals surface area contributed by atoms with E-state index in [0.717, 1.165) is 4.90 Å². The lowest BCUT2D eigenvalue weighted by Crippen LogP contribution is -2.32. The van der Waals surface area contributed by atoms with E-state index in [9.17, 15) is 19.2 Å². The van der Waals surface area contributed by atoms with Gasteiger partial charge in [-0.25, -0.2) is 9.69 Å². The number of nitrogens with one attached hydrogen (secondary N) is 2. The molecule has 1 aliphatic rings. The van der Waals surface area contributed by atoms with Gasteiger partial charge in [0.25, 0.3) is 17.7 Å². The summed E-state index contributed by atoms with van der Waals surface area (Å²) in [5.74, 6) is -1.45. The largest absolute Gasteiger partial charge is 0.497 e. The Balaban J connectivity index is 1.45.